The summed E-state index contributed by atoms with van der Waals surface area (Å²) in [6.07, 6.45) is 2.77. The molecular formula is C24H22F2N6O3. The molecule has 2 aromatic heterocycles. The van der Waals surface area contributed by atoms with Crippen LogP contribution in [0.1, 0.15) is 59.9 Å². The summed E-state index contributed by atoms with van der Waals surface area (Å²) in [5.74, 6) is -1.50. The second-order valence-electron chi connectivity index (χ2n) is 8.90. The monoisotopic (exact) mass is 480 g/mol. The van der Waals surface area contributed by atoms with Crippen molar-refractivity contribution in [3.8, 4) is 11.5 Å². The van der Waals surface area contributed by atoms with Gasteiger partial charge < -0.3 is 9.73 Å². The van der Waals surface area contributed by atoms with Gasteiger partial charge >= 0.3 is 6.43 Å². The van der Waals surface area contributed by atoms with Crippen molar-refractivity contribution in [3.05, 3.63) is 65.1 Å². The number of rotatable bonds is 5. The fourth-order valence-corrected chi connectivity index (χ4v) is 4.29. The van der Waals surface area contributed by atoms with Crippen LogP contribution in [0, 0.1) is 0 Å². The van der Waals surface area contributed by atoms with Gasteiger partial charge in [-0.25, -0.2) is 9.97 Å². The third-order valence-electron chi connectivity index (χ3n) is 6.26. The highest BCUT2D eigenvalue weighted by Gasteiger charge is 2.44. The average molecular weight is 480 g/mol. The van der Waals surface area contributed by atoms with Gasteiger partial charge in [0, 0.05) is 24.5 Å². The maximum Gasteiger partial charge on any atom is 0.314 e. The second kappa shape index (κ2) is 8.73. The van der Waals surface area contributed by atoms with Crippen molar-refractivity contribution in [1.29, 1.82) is 0 Å². The topological polar surface area (TPSA) is 114 Å². The van der Waals surface area contributed by atoms with Gasteiger partial charge in [0.25, 0.3) is 17.7 Å². The number of fused-ring (bicyclic) bond motifs is 1. The molecule has 0 fully saturated rings. The lowest BCUT2D eigenvalue weighted by Gasteiger charge is -2.37. The Kier molecular flexibility index (Phi) is 5.72. The number of carbonyl (C=O) groups excluding carboxylic acids is 2. The van der Waals surface area contributed by atoms with Crippen LogP contribution in [0.25, 0.3) is 17.0 Å². The number of imide groups is 1. The van der Waals surface area contributed by atoms with Gasteiger partial charge in [0.15, 0.2) is 0 Å². The third kappa shape index (κ3) is 4.12. The Morgan fingerprint density at radius 2 is 1.91 bits per heavy atom. The van der Waals surface area contributed by atoms with E-state index in [0.717, 1.165) is 30.0 Å². The standard InChI is InChI=1S/C24H22F2N6O3/c1-24(2)17-9-14(13-5-7-27-8-6-13)3-4-16(17)22(33)32(23(24)34)12-18-28-10-15(11-29-18)20-30-31-21(35-20)19(25)26/h3-5,9-11,19,27H,6-8,12H2,1-2H3. The number of halogens is 2. The lowest BCUT2D eigenvalue weighted by Crippen LogP contribution is -2.51. The first-order valence-corrected chi connectivity index (χ1v) is 11.1. The molecule has 5 rings (SSSR count). The van der Waals surface area contributed by atoms with E-state index in [0.29, 0.717) is 11.1 Å². The third-order valence-corrected chi connectivity index (χ3v) is 6.26. The van der Waals surface area contributed by atoms with Gasteiger partial charge in [0.2, 0.25) is 5.91 Å². The van der Waals surface area contributed by atoms with Crippen LogP contribution in [0.3, 0.4) is 0 Å². The second-order valence-corrected chi connectivity index (χ2v) is 8.90. The van der Waals surface area contributed by atoms with E-state index in [-0.39, 0.29) is 29.7 Å². The van der Waals surface area contributed by atoms with Crippen LogP contribution in [0.2, 0.25) is 0 Å². The van der Waals surface area contributed by atoms with Crippen molar-refractivity contribution < 1.29 is 22.8 Å². The van der Waals surface area contributed by atoms with E-state index in [4.69, 9.17) is 4.42 Å². The first-order valence-electron chi connectivity index (χ1n) is 11.1. The highest BCUT2D eigenvalue weighted by molar-refractivity contribution is 6.13. The fraction of sp³-hybridized carbons (Fsp3) is 0.333. The van der Waals surface area contributed by atoms with Gasteiger partial charge in [0.05, 0.1) is 17.5 Å². The van der Waals surface area contributed by atoms with Gasteiger partial charge in [-0.1, -0.05) is 12.1 Å². The van der Waals surface area contributed by atoms with Gasteiger partial charge in [-0.2, -0.15) is 8.78 Å². The fourth-order valence-electron chi connectivity index (χ4n) is 4.29. The molecule has 35 heavy (non-hydrogen) atoms. The number of aromatic nitrogens is 4. The van der Waals surface area contributed by atoms with Crippen LogP contribution in [-0.4, -0.2) is 50.0 Å². The van der Waals surface area contributed by atoms with E-state index >= 15 is 0 Å². The number of hydrogen-bond donors (Lipinski definition) is 1. The van der Waals surface area contributed by atoms with Crippen molar-refractivity contribution in [3.63, 3.8) is 0 Å². The molecule has 1 N–H and O–H groups in total. The van der Waals surface area contributed by atoms with Gasteiger partial charge in [-0.05, 0) is 55.6 Å². The van der Waals surface area contributed by atoms with Crippen LogP contribution < -0.4 is 5.32 Å². The number of alkyl halides is 2. The molecule has 11 heteroatoms. The lowest BCUT2D eigenvalue weighted by molar-refractivity contribution is -0.134. The highest BCUT2D eigenvalue weighted by Crippen LogP contribution is 2.37. The first kappa shape index (κ1) is 22.9. The summed E-state index contributed by atoms with van der Waals surface area (Å²) < 4.78 is 30.3. The van der Waals surface area contributed by atoms with Crippen molar-refractivity contribution in [2.75, 3.05) is 13.1 Å². The molecule has 180 valence electrons. The molecule has 0 bridgehead atoms. The van der Waals surface area contributed by atoms with Gasteiger partial charge in [-0.15, -0.1) is 10.2 Å². The molecule has 3 aromatic rings. The van der Waals surface area contributed by atoms with Crippen LogP contribution in [-0.2, 0) is 16.8 Å². The van der Waals surface area contributed by atoms with E-state index in [1.165, 1.54) is 18.0 Å². The number of nitrogens with one attached hydrogen (secondary N) is 1. The molecule has 0 spiro atoms. The van der Waals surface area contributed by atoms with Gasteiger partial charge in [-0.3, -0.25) is 14.5 Å². The molecule has 0 aliphatic carbocycles. The first-order chi connectivity index (χ1) is 16.8. The van der Waals surface area contributed by atoms with Crippen LogP contribution in [0.4, 0.5) is 8.78 Å². The number of hydrogen-bond acceptors (Lipinski definition) is 8. The summed E-state index contributed by atoms with van der Waals surface area (Å²) in [6.45, 7) is 5.14. The summed E-state index contributed by atoms with van der Waals surface area (Å²) in [6, 6.07) is 5.64. The zero-order chi connectivity index (χ0) is 24.7. The van der Waals surface area contributed by atoms with E-state index in [1.54, 1.807) is 19.9 Å². The Balaban J connectivity index is 1.40. The molecule has 0 saturated carbocycles. The summed E-state index contributed by atoms with van der Waals surface area (Å²) in [7, 11) is 0. The van der Waals surface area contributed by atoms with Crippen molar-refractivity contribution in [1.82, 2.24) is 30.4 Å². The van der Waals surface area contributed by atoms with Crippen LogP contribution in [0.15, 0.2) is 41.1 Å². The maximum atomic E-state index is 13.4. The number of carbonyl (C=O) groups is 2. The summed E-state index contributed by atoms with van der Waals surface area (Å²) >= 11 is 0. The molecule has 0 radical (unpaired) electrons. The number of benzene rings is 1. The van der Waals surface area contributed by atoms with E-state index in [9.17, 15) is 18.4 Å². The smallest absolute Gasteiger partial charge is 0.314 e. The molecule has 2 amide bonds. The van der Waals surface area contributed by atoms with E-state index < -0.39 is 23.6 Å². The Bertz CT molecular complexity index is 1330. The molecule has 0 saturated heterocycles. The molecule has 4 heterocycles. The number of nitrogens with zero attached hydrogens (tertiary/aromatic N) is 5. The Morgan fingerprint density at radius 1 is 1.14 bits per heavy atom. The minimum atomic E-state index is -2.88. The Labute approximate surface area is 199 Å². The molecule has 2 aliphatic rings. The minimum Gasteiger partial charge on any atom is -0.415 e. The van der Waals surface area contributed by atoms with Gasteiger partial charge in [0.1, 0.15) is 5.82 Å². The Morgan fingerprint density at radius 3 is 2.57 bits per heavy atom. The molecule has 2 aliphatic heterocycles. The SMILES string of the molecule is CC1(C)C(=O)N(Cc2ncc(-c3nnc(C(F)F)o3)cn2)C(=O)c2ccc(C3=CCNCC3)cc21. The summed E-state index contributed by atoms with van der Waals surface area (Å²) in [5, 5.41) is 10.1. The zero-order valence-corrected chi connectivity index (χ0v) is 19.1. The van der Waals surface area contributed by atoms with Crippen molar-refractivity contribution >= 4 is 17.4 Å². The number of amides is 2. The normalized spacial score (nSPS) is 17.5. The lowest BCUT2D eigenvalue weighted by atomic mass is 9.76. The Hall–Kier alpha value is -3.86. The average Bonchev–Trinajstić information content (AvgIpc) is 3.37. The van der Waals surface area contributed by atoms with Crippen molar-refractivity contribution in [2.24, 2.45) is 0 Å². The maximum absolute atomic E-state index is 13.4. The zero-order valence-electron chi connectivity index (χ0n) is 19.1. The largest absolute Gasteiger partial charge is 0.415 e. The van der Waals surface area contributed by atoms with Crippen molar-refractivity contribution in [2.45, 2.75) is 38.7 Å². The molecule has 0 unspecified atom stereocenters. The van der Waals surface area contributed by atoms with Crippen LogP contribution in [0.5, 0.6) is 0 Å². The predicted octanol–water partition coefficient (Wildman–Crippen LogP) is 3.30. The predicted molar refractivity (Wildman–Crippen MR) is 120 cm³/mol. The van der Waals surface area contributed by atoms with E-state index in [1.807, 2.05) is 12.1 Å². The molecule has 9 nitrogen and oxygen atoms in total. The van der Waals surface area contributed by atoms with E-state index in [2.05, 4.69) is 31.6 Å². The molecule has 0 atom stereocenters. The highest BCUT2D eigenvalue weighted by atomic mass is 19.3. The summed E-state index contributed by atoms with van der Waals surface area (Å²) in [5.41, 5.74) is 2.69. The minimum absolute atomic E-state index is 0.133. The summed E-state index contributed by atoms with van der Waals surface area (Å²) in [4.78, 5) is 36.1. The quantitative estimate of drug-likeness (QED) is 0.554. The molecular weight excluding hydrogens is 458 g/mol. The van der Waals surface area contributed by atoms with Crippen LogP contribution >= 0.6 is 0 Å². The molecule has 1 aromatic carbocycles.